The molecule has 11 heteroatoms. The molecular formula is C29H28N4O5S2. The molecule has 0 radical (unpaired) electrons. The van der Waals surface area contributed by atoms with Crippen LogP contribution in [0.15, 0.2) is 95.2 Å². The fourth-order valence-corrected chi connectivity index (χ4v) is 7.56. The minimum absolute atomic E-state index is 0.121. The topological polar surface area (TPSA) is 122 Å². The first kappa shape index (κ1) is 27.5. The highest BCUT2D eigenvalue weighted by Gasteiger charge is 2.30. The maximum absolute atomic E-state index is 13.3. The average Bonchev–Trinajstić information content (AvgIpc) is 3.47. The summed E-state index contributed by atoms with van der Waals surface area (Å²) in [5.74, 6) is -0.467. The number of non-ortho nitro benzene ring substituents is 1. The van der Waals surface area contributed by atoms with Crippen LogP contribution in [-0.2, 0) is 16.6 Å². The summed E-state index contributed by atoms with van der Waals surface area (Å²) in [5.41, 5.74) is 3.28. The first-order chi connectivity index (χ1) is 19.3. The Labute approximate surface area is 236 Å². The molecule has 1 amide bonds. The maximum atomic E-state index is 13.3. The molecule has 1 aromatic heterocycles. The van der Waals surface area contributed by atoms with E-state index in [9.17, 15) is 23.3 Å². The Balaban J connectivity index is 1.15. The summed E-state index contributed by atoms with van der Waals surface area (Å²) >= 11 is 1.11. The van der Waals surface area contributed by atoms with Crippen molar-refractivity contribution in [2.24, 2.45) is 0 Å². The SMILES string of the molecule is O=C(NCc1ccc(S(=O)(=O)N2CCC(Nc3cccc(-c4ccccc4)c3)CC2)s1)c1cccc([N+](=O)[O-])c1. The molecule has 9 nitrogen and oxygen atoms in total. The van der Waals surface area contributed by atoms with Crippen molar-refractivity contribution in [1.29, 1.82) is 0 Å². The third-order valence-electron chi connectivity index (χ3n) is 6.77. The van der Waals surface area contributed by atoms with Crippen molar-refractivity contribution in [3.8, 4) is 11.1 Å². The quantitative estimate of drug-likeness (QED) is 0.200. The van der Waals surface area contributed by atoms with Crippen molar-refractivity contribution in [1.82, 2.24) is 9.62 Å². The number of carbonyl (C=O) groups excluding carboxylic acids is 1. The van der Waals surface area contributed by atoms with Crippen molar-refractivity contribution < 1.29 is 18.1 Å². The minimum atomic E-state index is -3.65. The second-order valence-electron chi connectivity index (χ2n) is 9.48. The monoisotopic (exact) mass is 576 g/mol. The van der Waals surface area contributed by atoms with Crippen LogP contribution in [0.2, 0.25) is 0 Å². The van der Waals surface area contributed by atoms with Crippen LogP contribution in [0.25, 0.3) is 11.1 Å². The van der Waals surface area contributed by atoms with Crippen LogP contribution in [-0.4, -0.2) is 42.7 Å². The predicted molar refractivity (Wildman–Crippen MR) is 156 cm³/mol. The van der Waals surface area contributed by atoms with Gasteiger partial charge in [0.25, 0.3) is 21.6 Å². The molecule has 40 heavy (non-hydrogen) atoms. The number of sulfonamides is 1. The van der Waals surface area contributed by atoms with Crippen LogP contribution >= 0.6 is 11.3 Å². The van der Waals surface area contributed by atoms with Crippen LogP contribution in [0.1, 0.15) is 28.1 Å². The van der Waals surface area contributed by atoms with Crippen molar-refractivity contribution in [2.75, 3.05) is 18.4 Å². The Kier molecular flexibility index (Phi) is 8.24. The second-order valence-corrected chi connectivity index (χ2v) is 12.8. The highest BCUT2D eigenvalue weighted by molar-refractivity contribution is 7.91. The lowest BCUT2D eigenvalue weighted by Crippen LogP contribution is -2.42. The molecule has 0 bridgehead atoms. The Morgan fingerprint density at radius 1 is 0.925 bits per heavy atom. The first-order valence-corrected chi connectivity index (χ1v) is 15.1. The van der Waals surface area contributed by atoms with E-state index < -0.39 is 20.9 Å². The Hall–Kier alpha value is -4.06. The van der Waals surface area contributed by atoms with E-state index >= 15 is 0 Å². The summed E-state index contributed by atoms with van der Waals surface area (Å²) in [6.45, 7) is 0.944. The van der Waals surface area contributed by atoms with Gasteiger partial charge in [0.2, 0.25) is 0 Å². The zero-order valence-electron chi connectivity index (χ0n) is 21.5. The van der Waals surface area contributed by atoms with E-state index in [1.165, 1.54) is 28.6 Å². The number of rotatable bonds is 9. The summed E-state index contributed by atoms with van der Waals surface area (Å²) in [6, 6.07) is 27.3. The molecule has 0 spiro atoms. The van der Waals surface area contributed by atoms with Crippen molar-refractivity contribution in [3.63, 3.8) is 0 Å². The van der Waals surface area contributed by atoms with Crippen molar-refractivity contribution in [3.05, 3.63) is 112 Å². The normalized spacial score (nSPS) is 14.5. The number of thiophene rings is 1. The Bertz CT molecular complexity index is 1610. The van der Waals surface area contributed by atoms with Gasteiger partial charge in [0.15, 0.2) is 0 Å². The molecule has 2 N–H and O–H groups in total. The Morgan fingerprint density at radius 2 is 1.65 bits per heavy atom. The number of hydrogen-bond donors (Lipinski definition) is 2. The summed E-state index contributed by atoms with van der Waals surface area (Å²) in [7, 11) is -3.65. The van der Waals surface area contributed by atoms with Crippen LogP contribution in [0.5, 0.6) is 0 Å². The van der Waals surface area contributed by atoms with Crippen molar-refractivity contribution >= 4 is 38.6 Å². The van der Waals surface area contributed by atoms with Gasteiger partial charge in [0.1, 0.15) is 4.21 Å². The van der Waals surface area contributed by atoms with E-state index in [-0.39, 0.29) is 28.0 Å². The van der Waals surface area contributed by atoms with E-state index in [0.29, 0.717) is 30.8 Å². The van der Waals surface area contributed by atoms with Crippen LogP contribution in [0.4, 0.5) is 11.4 Å². The number of piperidine rings is 1. The Morgan fingerprint density at radius 3 is 2.40 bits per heavy atom. The van der Waals surface area contributed by atoms with E-state index in [4.69, 9.17) is 0 Å². The van der Waals surface area contributed by atoms with Gasteiger partial charge in [-0.15, -0.1) is 11.3 Å². The van der Waals surface area contributed by atoms with E-state index in [2.05, 4.69) is 34.9 Å². The molecule has 1 saturated heterocycles. The van der Waals surface area contributed by atoms with Gasteiger partial charge in [-0.2, -0.15) is 4.31 Å². The van der Waals surface area contributed by atoms with E-state index in [0.717, 1.165) is 28.2 Å². The van der Waals surface area contributed by atoms with Gasteiger partial charge in [-0.1, -0.05) is 48.5 Å². The highest BCUT2D eigenvalue weighted by atomic mass is 32.2. The largest absolute Gasteiger partial charge is 0.382 e. The summed E-state index contributed by atoms with van der Waals surface area (Å²) in [5, 5.41) is 17.2. The zero-order chi connectivity index (χ0) is 28.1. The second kappa shape index (κ2) is 12.0. The van der Waals surface area contributed by atoms with Crippen LogP contribution in [0, 0.1) is 10.1 Å². The molecule has 1 aliphatic heterocycles. The maximum Gasteiger partial charge on any atom is 0.270 e. The molecule has 0 aliphatic carbocycles. The fourth-order valence-electron chi connectivity index (χ4n) is 4.64. The standard InChI is InChI=1S/C29H28N4O5S2/c34-29(23-9-5-11-26(19-23)33(35)36)30-20-27-12-13-28(39-27)40(37,38)32-16-14-24(15-17-32)31-25-10-4-8-22(18-25)21-6-2-1-3-7-21/h1-13,18-19,24,31H,14-17,20H2,(H,30,34). The number of nitrogens with zero attached hydrogens (tertiary/aromatic N) is 2. The van der Waals surface area contributed by atoms with Gasteiger partial charge in [-0.25, -0.2) is 8.42 Å². The lowest BCUT2D eigenvalue weighted by Gasteiger charge is -2.31. The molecule has 1 aliphatic rings. The lowest BCUT2D eigenvalue weighted by molar-refractivity contribution is -0.384. The van der Waals surface area contributed by atoms with E-state index in [1.54, 1.807) is 12.1 Å². The van der Waals surface area contributed by atoms with Crippen molar-refractivity contribution in [2.45, 2.75) is 29.6 Å². The third kappa shape index (κ3) is 6.39. The smallest absolute Gasteiger partial charge is 0.270 e. The molecular weight excluding hydrogens is 548 g/mol. The van der Waals surface area contributed by atoms with Gasteiger partial charge in [-0.05, 0) is 54.3 Å². The summed E-state index contributed by atoms with van der Waals surface area (Å²) in [4.78, 5) is 23.5. The molecule has 1 fully saturated rings. The first-order valence-electron chi connectivity index (χ1n) is 12.8. The third-order valence-corrected chi connectivity index (χ3v) is 10.2. The number of hydrogen-bond acceptors (Lipinski definition) is 7. The highest BCUT2D eigenvalue weighted by Crippen LogP contribution is 2.29. The number of amides is 1. The molecule has 0 atom stereocenters. The molecule has 3 aromatic carbocycles. The minimum Gasteiger partial charge on any atom is -0.382 e. The average molecular weight is 577 g/mol. The van der Waals surface area contributed by atoms with Crippen LogP contribution in [0.3, 0.4) is 0 Å². The number of benzene rings is 3. The van der Waals surface area contributed by atoms with Gasteiger partial charge < -0.3 is 10.6 Å². The number of nitrogens with one attached hydrogen (secondary N) is 2. The van der Waals surface area contributed by atoms with Crippen LogP contribution < -0.4 is 10.6 Å². The van der Waals surface area contributed by atoms with Gasteiger partial charge in [0, 0.05) is 47.4 Å². The number of anilines is 1. The number of carbonyl (C=O) groups is 1. The number of nitro benzene ring substituents is 1. The van der Waals surface area contributed by atoms with Gasteiger partial charge in [-0.3, -0.25) is 14.9 Å². The number of nitro groups is 1. The predicted octanol–water partition coefficient (Wildman–Crippen LogP) is 5.52. The molecule has 5 rings (SSSR count). The summed E-state index contributed by atoms with van der Waals surface area (Å²) < 4.78 is 28.3. The lowest BCUT2D eigenvalue weighted by atomic mass is 10.0. The zero-order valence-corrected chi connectivity index (χ0v) is 23.2. The fraction of sp³-hybridized carbons (Fsp3) is 0.207. The van der Waals surface area contributed by atoms with E-state index in [1.807, 2.05) is 30.3 Å². The molecule has 0 unspecified atom stereocenters. The van der Waals surface area contributed by atoms with Gasteiger partial charge in [0.05, 0.1) is 11.5 Å². The molecule has 4 aromatic rings. The van der Waals surface area contributed by atoms with Gasteiger partial charge >= 0.3 is 0 Å². The summed E-state index contributed by atoms with van der Waals surface area (Å²) in [6.07, 6.45) is 1.37. The molecule has 0 saturated carbocycles. The molecule has 2 heterocycles. The molecule has 206 valence electrons.